The van der Waals surface area contributed by atoms with Crippen molar-refractivity contribution in [3.63, 3.8) is 0 Å². The van der Waals surface area contributed by atoms with E-state index in [1.807, 2.05) is 6.92 Å². The molecule has 2 aliphatic carbocycles. The molecule has 110 valence electrons. The van der Waals surface area contributed by atoms with E-state index in [1.54, 1.807) is 0 Å². The van der Waals surface area contributed by atoms with E-state index in [0.717, 1.165) is 30.6 Å². The molecule has 1 amide bonds. The third kappa shape index (κ3) is 3.97. The Morgan fingerprint density at radius 2 is 1.47 bits per heavy atom. The zero-order valence-corrected chi connectivity index (χ0v) is 12.8. The van der Waals surface area contributed by atoms with Crippen LogP contribution in [0.15, 0.2) is 0 Å². The van der Waals surface area contributed by atoms with Crippen molar-refractivity contribution in [1.29, 1.82) is 0 Å². The number of hydrogen-bond donors (Lipinski definition) is 1. The summed E-state index contributed by atoms with van der Waals surface area (Å²) in [5.41, 5.74) is 5.30. The lowest BCUT2D eigenvalue weighted by atomic mass is 9.69. The van der Waals surface area contributed by atoms with Gasteiger partial charge in [0, 0.05) is 5.41 Å². The van der Waals surface area contributed by atoms with E-state index in [4.69, 9.17) is 5.73 Å². The third-order valence-electron chi connectivity index (χ3n) is 5.92. The quantitative estimate of drug-likeness (QED) is 0.810. The van der Waals surface area contributed by atoms with Gasteiger partial charge in [-0.2, -0.15) is 0 Å². The summed E-state index contributed by atoms with van der Waals surface area (Å²) in [4.78, 5) is 11.4. The second-order valence-corrected chi connectivity index (χ2v) is 7.57. The number of amides is 1. The van der Waals surface area contributed by atoms with Gasteiger partial charge in [-0.1, -0.05) is 52.4 Å². The first-order valence-corrected chi connectivity index (χ1v) is 8.29. The molecule has 0 aromatic rings. The SMILES string of the molecule is CC1CCC(CCC2CCC(C)(C(N)=O)CC2)CC1. The van der Waals surface area contributed by atoms with Crippen LogP contribution >= 0.6 is 0 Å². The molecule has 0 unspecified atom stereocenters. The van der Waals surface area contributed by atoms with Crippen LogP contribution in [0.4, 0.5) is 0 Å². The predicted molar refractivity (Wildman–Crippen MR) is 79.6 cm³/mol. The molecule has 2 fully saturated rings. The maximum atomic E-state index is 11.4. The number of carbonyl (C=O) groups is 1. The molecule has 2 N–H and O–H groups in total. The lowest BCUT2D eigenvalue weighted by Crippen LogP contribution is -2.37. The van der Waals surface area contributed by atoms with Gasteiger partial charge >= 0.3 is 0 Å². The average molecular weight is 265 g/mol. The zero-order valence-electron chi connectivity index (χ0n) is 12.8. The molecule has 0 aromatic carbocycles. The molecule has 0 spiro atoms. The number of rotatable bonds is 4. The van der Waals surface area contributed by atoms with Crippen molar-refractivity contribution in [2.75, 3.05) is 0 Å². The highest BCUT2D eigenvalue weighted by Gasteiger charge is 2.35. The van der Waals surface area contributed by atoms with Crippen molar-refractivity contribution in [2.24, 2.45) is 28.9 Å². The monoisotopic (exact) mass is 265 g/mol. The van der Waals surface area contributed by atoms with Crippen LogP contribution in [-0.2, 0) is 4.79 Å². The van der Waals surface area contributed by atoms with Crippen LogP contribution < -0.4 is 5.73 Å². The van der Waals surface area contributed by atoms with Gasteiger partial charge in [-0.3, -0.25) is 4.79 Å². The molecule has 19 heavy (non-hydrogen) atoms. The van der Waals surface area contributed by atoms with Crippen molar-refractivity contribution in [3.8, 4) is 0 Å². The Morgan fingerprint density at radius 1 is 1.00 bits per heavy atom. The zero-order chi connectivity index (χ0) is 13.9. The highest BCUT2D eigenvalue weighted by molar-refractivity contribution is 5.80. The Hall–Kier alpha value is -0.530. The lowest BCUT2D eigenvalue weighted by Gasteiger charge is -2.35. The van der Waals surface area contributed by atoms with Gasteiger partial charge in [0.25, 0.3) is 0 Å². The van der Waals surface area contributed by atoms with Gasteiger partial charge in [0.15, 0.2) is 0 Å². The van der Waals surface area contributed by atoms with Gasteiger partial charge < -0.3 is 5.73 Å². The molecule has 0 saturated heterocycles. The fourth-order valence-corrected chi connectivity index (χ4v) is 3.94. The molecule has 2 nitrogen and oxygen atoms in total. The first-order valence-electron chi connectivity index (χ1n) is 8.29. The minimum absolute atomic E-state index is 0.0905. The molecular formula is C17H31NO. The Labute approximate surface area is 118 Å². The Balaban J connectivity index is 1.67. The molecule has 2 heteroatoms. The van der Waals surface area contributed by atoms with Gasteiger partial charge in [-0.25, -0.2) is 0 Å². The van der Waals surface area contributed by atoms with Crippen molar-refractivity contribution < 1.29 is 4.79 Å². The summed E-state index contributed by atoms with van der Waals surface area (Å²) in [5, 5.41) is 0. The largest absolute Gasteiger partial charge is 0.369 e. The van der Waals surface area contributed by atoms with E-state index in [1.165, 1.54) is 51.4 Å². The second-order valence-electron chi connectivity index (χ2n) is 7.57. The molecule has 0 radical (unpaired) electrons. The number of carbonyl (C=O) groups excluding carboxylic acids is 1. The highest BCUT2D eigenvalue weighted by atomic mass is 16.1. The smallest absolute Gasteiger partial charge is 0.223 e. The van der Waals surface area contributed by atoms with E-state index in [9.17, 15) is 4.79 Å². The minimum atomic E-state index is -0.212. The average Bonchev–Trinajstić information content (AvgIpc) is 2.40. The summed E-state index contributed by atoms with van der Waals surface area (Å²) in [6, 6.07) is 0. The van der Waals surface area contributed by atoms with Gasteiger partial charge in [-0.05, 0) is 43.4 Å². The van der Waals surface area contributed by atoms with Crippen LogP contribution in [-0.4, -0.2) is 5.91 Å². The summed E-state index contributed by atoms with van der Waals surface area (Å²) in [7, 11) is 0. The molecule has 0 aliphatic heterocycles. The number of primary amides is 1. The maximum Gasteiger partial charge on any atom is 0.223 e. The van der Waals surface area contributed by atoms with Gasteiger partial charge in [0.2, 0.25) is 5.91 Å². The molecule has 2 saturated carbocycles. The Morgan fingerprint density at radius 3 is 1.95 bits per heavy atom. The van der Waals surface area contributed by atoms with E-state index < -0.39 is 0 Å². The first kappa shape index (κ1) is 14.9. The summed E-state index contributed by atoms with van der Waals surface area (Å²) >= 11 is 0. The molecule has 0 bridgehead atoms. The van der Waals surface area contributed by atoms with E-state index in [2.05, 4.69) is 6.92 Å². The topological polar surface area (TPSA) is 43.1 Å². The van der Waals surface area contributed by atoms with Crippen molar-refractivity contribution >= 4 is 5.91 Å². The van der Waals surface area contributed by atoms with Crippen molar-refractivity contribution in [3.05, 3.63) is 0 Å². The summed E-state index contributed by atoms with van der Waals surface area (Å²) in [6.45, 7) is 4.44. The van der Waals surface area contributed by atoms with Crippen molar-refractivity contribution in [1.82, 2.24) is 0 Å². The summed E-state index contributed by atoms with van der Waals surface area (Å²) < 4.78 is 0. The summed E-state index contributed by atoms with van der Waals surface area (Å²) in [6.07, 6.45) is 13.0. The van der Waals surface area contributed by atoms with Crippen LogP contribution in [0.5, 0.6) is 0 Å². The van der Waals surface area contributed by atoms with E-state index in [0.29, 0.717) is 0 Å². The third-order valence-corrected chi connectivity index (χ3v) is 5.92. The van der Waals surface area contributed by atoms with Gasteiger partial charge in [0.05, 0.1) is 0 Å². The first-order chi connectivity index (χ1) is 8.99. The normalized spacial score (nSPS) is 40.0. The van der Waals surface area contributed by atoms with Crippen LogP contribution in [0.3, 0.4) is 0 Å². The van der Waals surface area contributed by atoms with Crippen molar-refractivity contribution in [2.45, 2.75) is 78.1 Å². The second kappa shape index (κ2) is 6.28. The van der Waals surface area contributed by atoms with Crippen LogP contribution in [0, 0.1) is 23.2 Å². The molecule has 0 aromatic heterocycles. The minimum Gasteiger partial charge on any atom is -0.369 e. The predicted octanol–water partition coefficient (Wildman–Crippen LogP) is 4.27. The number of hydrogen-bond acceptors (Lipinski definition) is 1. The molecular weight excluding hydrogens is 234 g/mol. The fourth-order valence-electron chi connectivity index (χ4n) is 3.94. The van der Waals surface area contributed by atoms with Gasteiger partial charge in [0.1, 0.15) is 0 Å². The molecule has 2 aliphatic rings. The maximum absolute atomic E-state index is 11.4. The van der Waals surface area contributed by atoms with Crippen LogP contribution in [0.25, 0.3) is 0 Å². The lowest BCUT2D eigenvalue weighted by molar-refractivity contribution is -0.129. The summed E-state index contributed by atoms with van der Waals surface area (Å²) in [5.74, 6) is 2.71. The van der Waals surface area contributed by atoms with Crippen LogP contribution in [0.2, 0.25) is 0 Å². The Bertz CT molecular complexity index is 296. The van der Waals surface area contributed by atoms with E-state index in [-0.39, 0.29) is 11.3 Å². The highest BCUT2D eigenvalue weighted by Crippen LogP contribution is 2.41. The molecule has 2 rings (SSSR count). The van der Waals surface area contributed by atoms with Gasteiger partial charge in [-0.15, -0.1) is 0 Å². The molecule has 0 heterocycles. The fraction of sp³-hybridized carbons (Fsp3) is 0.941. The van der Waals surface area contributed by atoms with Crippen LogP contribution in [0.1, 0.15) is 78.1 Å². The Kier molecular flexibility index (Phi) is 4.92. The standard InChI is InChI=1S/C17H31NO/c1-13-3-5-14(6-4-13)7-8-15-9-11-17(2,12-10-15)16(18)19/h13-15H,3-12H2,1-2H3,(H2,18,19). The van der Waals surface area contributed by atoms with E-state index >= 15 is 0 Å². The number of nitrogens with two attached hydrogens (primary N) is 1. The molecule has 0 atom stereocenters.